The van der Waals surface area contributed by atoms with Gasteiger partial charge in [0.25, 0.3) is 5.91 Å². The van der Waals surface area contributed by atoms with Crippen LogP contribution in [0.1, 0.15) is 40.9 Å². The minimum Gasteiger partial charge on any atom is -0.352 e. The second-order valence-corrected chi connectivity index (χ2v) is 4.06. The molecule has 88 valence electrons. The Kier molecular flexibility index (Phi) is 4.36. The Hall–Kier alpha value is -1.02. The van der Waals surface area contributed by atoms with Crippen molar-refractivity contribution in [3.05, 3.63) is 33.3 Å². The molecule has 1 amide bonds. The first kappa shape index (κ1) is 13.0. The molecule has 0 saturated carbocycles. The van der Waals surface area contributed by atoms with E-state index in [0.717, 1.165) is 23.1 Å². The number of amides is 1. The lowest BCUT2D eigenvalue weighted by molar-refractivity contribution is 0.0946. The zero-order valence-electron chi connectivity index (χ0n) is 10.3. The fraction of sp³-hybridized carbons (Fsp3) is 0.462. The van der Waals surface area contributed by atoms with E-state index in [1.54, 1.807) is 0 Å². The van der Waals surface area contributed by atoms with Gasteiger partial charge in [-0.15, -0.1) is 0 Å². The second kappa shape index (κ2) is 5.35. The molecule has 1 aromatic carbocycles. The van der Waals surface area contributed by atoms with Crippen LogP contribution in [-0.2, 0) is 6.42 Å². The van der Waals surface area contributed by atoms with E-state index < -0.39 is 0 Å². The van der Waals surface area contributed by atoms with Gasteiger partial charge in [-0.1, -0.05) is 31.5 Å². The van der Waals surface area contributed by atoms with Crippen molar-refractivity contribution in [3.8, 4) is 0 Å². The fourth-order valence-corrected chi connectivity index (χ4v) is 2.20. The summed E-state index contributed by atoms with van der Waals surface area (Å²) in [6.07, 6.45) is 0.882. The number of nitrogens with one attached hydrogen (secondary N) is 1. The molecule has 0 aliphatic carbocycles. The molecule has 2 nitrogen and oxygen atoms in total. The summed E-state index contributed by atoms with van der Waals surface area (Å²) in [4.78, 5) is 11.6. The highest BCUT2D eigenvalue weighted by Gasteiger charge is 2.22. The minimum absolute atomic E-state index is 0.0388. The van der Waals surface area contributed by atoms with Crippen LogP contribution in [0.15, 0.2) is 6.07 Å². The Balaban J connectivity index is 0.000000606. The highest BCUT2D eigenvalue weighted by Crippen LogP contribution is 2.29. The van der Waals surface area contributed by atoms with Gasteiger partial charge in [0.1, 0.15) is 0 Å². The maximum atomic E-state index is 11.6. The Morgan fingerprint density at radius 2 is 1.88 bits per heavy atom. The van der Waals surface area contributed by atoms with Crippen molar-refractivity contribution in [2.45, 2.75) is 34.1 Å². The molecule has 0 saturated heterocycles. The average molecular weight is 240 g/mol. The first-order chi connectivity index (χ1) is 7.61. The first-order valence-corrected chi connectivity index (χ1v) is 6.06. The SMILES string of the molecule is CC.Cc1cc(C)c2c(c1Cl)C(=O)NCC2. The van der Waals surface area contributed by atoms with Gasteiger partial charge in [-0.25, -0.2) is 0 Å². The Bertz CT molecular complexity index is 413. The molecular formula is C13H18ClNO. The van der Waals surface area contributed by atoms with Crippen molar-refractivity contribution in [3.63, 3.8) is 0 Å². The summed E-state index contributed by atoms with van der Waals surface area (Å²) in [7, 11) is 0. The van der Waals surface area contributed by atoms with Crippen molar-refractivity contribution in [1.82, 2.24) is 5.32 Å². The van der Waals surface area contributed by atoms with Crippen LogP contribution in [0, 0.1) is 13.8 Å². The zero-order valence-corrected chi connectivity index (χ0v) is 11.0. The molecule has 1 heterocycles. The Morgan fingerprint density at radius 1 is 1.25 bits per heavy atom. The van der Waals surface area contributed by atoms with Gasteiger partial charge in [0.2, 0.25) is 0 Å². The molecule has 3 heteroatoms. The van der Waals surface area contributed by atoms with Gasteiger partial charge >= 0.3 is 0 Å². The molecule has 0 radical (unpaired) electrons. The molecule has 0 atom stereocenters. The molecule has 1 aliphatic heterocycles. The molecule has 1 aromatic rings. The van der Waals surface area contributed by atoms with E-state index in [4.69, 9.17) is 11.6 Å². The smallest absolute Gasteiger partial charge is 0.253 e. The molecular weight excluding hydrogens is 222 g/mol. The van der Waals surface area contributed by atoms with Gasteiger partial charge < -0.3 is 5.32 Å². The highest BCUT2D eigenvalue weighted by molar-refractivity contribution is 6.35. The standard InChI is InChI=1S/C11H12ClNO.C2H6/c1-6-5-7(2)10(12)9-8(6)3-4-13-11(9)14;1-2/h5H,3-4H2,1-2H3,(H,13,14);1-2H3. The van der Waals surface area contributed by atoms with Crippen molar-refractivity contribution >= 4 is 17.5 Å². The van der Waals surface area contributed by atoms with Crippen LogP contribution in [-0.4, -0.2) is 12.5 Å². The van der Waals surface area contributed by atoms with Crippen LogP contribution >= 0.6 is 11.6 Å². The van der Waals surface area contributed by atoms with Gasteiger partial charge in [0.05, 0.1) is 10.6 Å². The second-order valence-electron chi connectivity index (χ2n) is 3.68. The average Bonchev–Trinajstić information content (AvgIpc) is 2.29. The van der Waals surface area contributed by atoms with Gasteiger partial charge in [0, 0.05) is 6.54 Å². The lowest BCUT2D eigenvalue weighted by Gasteiger charge is -2.20. The summed E-state index contributed by atoms with van der Waals surface area (Å²) in [5.41, 5.74) is 3.91. The molecule has 16 heavy (non-hydrogen) atoms. The first-order valence-electron chi connectivity index (χ1n) is 5.68. The van der Waals surface area contributed by atoms with Crippen LogP contribution in [0.5, 0.6) is 0 Å². The van der Waals surface area contributed by atoms with E-state index in [-0.39, 0.29) is 5.91 Å². The molecule has 0 unspecified atom stereocenters. The summed E-state index contributed by atoms with van der Waals surface area (Å²) in [6, 6.07) is 2.04. The molecule has 0 aromatic heterocycles. The number of hydrogen-bond acceptors (Lipinski definition) is 1. The number of benzene rings is 1. The zero-order chi connectivity index (χ0) is 12.3. The normalized spacial score (nSPS) is 13.4. The van der Waals surface area contributed by atoms with Crippen molar-refractivity contribution in [2.24, 2.45) is 0 Å². The van der Waals surface area contributed by atoms with Crippen LogP contribution in [0.25, 0.3) is 0 Å². The van der Waals surface area contributed by atoms with Crippen LogP contribution in [0.2, 0.25) is 5.02 Å². The predicted octanol–water partition coefficient (Wildman–Crippen LogP) is 3.27. The fourth-order valence-electron chi connectivity index (χ4n) is 1.95. The van der Waals surface area contributed by atoms with Gasteiger partial charge in [-0.3, -0.25) is 4.79 Å². The number of rotatable bonds is 0. The third-order valence-corrected chi connectivity index (χ3v) is 3.15. The van der Waals surface area contributed by atoms with Crippen molar-refractivity contribution in [1.29, 1.82) is 0 Å². The van der Waals surface area contributed by atoms with E-state index in [1.807, 2.05) is 33.8 Å². The monoisotopic (exact) mass is 239 g/mol. The third kappa shape index (κ3) is 2.22. The number of halogens is 1. The third-order valence-electron chi connectivity index (χ3n) is 2.66. The summed E-state index contributed by atoms with van der Waals surface area (Å²) >= 11 is 6.12. The van der Waals surface area contributed by atoms with Crippen LogP contribution in [0.4, 0.5) is 0 Å². The van der Waals surface area contributed by atoms with Crippen molar-refractivity contribution in [2.75, 3.05) is 6.54 Å². The lowest BCUT2D eigenvalue weighted by Crippen LogP contribution is -2.32. The molecule has 2 rings (SSSR count). The molecule has 0 bridgehead atoms. The molecule has 1 N–H and O–H groups in total. The number of carbonyl (C=O) groups excluding carboxylic acids is 1. The maximum Gasteiger partial charge on any atom is 0.253 e. The Morgan fingerprint density at radius 3 is 2.50 bits per heavy atom. The number of aryl methyl sites for hydroxylation is 2. The number of hydrogen-bond donors (Lipinski definition) is 1. The summed E-state index contributed by atoms with van der Waals surface area (Å²) < 4.78 is 0. The number of fused-ring (bicyclic) bond motifs is 1. The molecule has 0 fully saturated rings. The van der Waals surface area contributed by atoms with E-state index in [0.29, 0.717) is 17.1 Å². The minimum atomic E-state index is -0.0388. The predicted molar refractivity (Wildman–Crippen MR) is 68.3 cm³/mol. The highest BCUT2D eigenvalue weighted by atomic mass is 35.5. The summed E-state index contributed by atoms with van der Waals surface area (Å²) in [5.74, 6) is -0.0388. The Labute approximate surface area is 102 Å². The quantitative estimate of drug-likeness (QED) is 0.740. The molecule has 1 aliphatic rings. The van der Waals surface area contributed by atoms with Crippen LogP contribution < -0.4 is 5.32 Å². The topological polar surface area (TPSA) is 29.1 Å². The van der Waals surface area contributed by atoms with Gasteiger partial charge in [-0.2, -0.15) is 0 Å². The van der Waals surface area contributed by atoms with E-state index >= 15 is 0 Å². The largest absolute Gasteiger partial charge is 0.352 e. The van der Waals surface area contributed by atoms with Gasteiger partial charge in [-0.05, 0) is 37.0 Å². The maximum absolute atomic E-state index is 11.6. The molecule has 0 spiro atoms. The number of carbonyl (C=O) groups is 1. The van der Waals surface area contributed by atoms with Gasteiger partial charge in [0.15, 0.2) is 0 Å². The summed E-state index contributed by atoms with van der Waals surface area (Å²) in [6.45, 7) is 8.67. The van der Waals surface area contributed by atoms with Crippen LogP contribution in [0.3, 0.4) is 0 Å². The van der Waals surface area contributed by atoms with E-state index in [1.165, 1.54) is 0 Å². The van der Waals surface area contributed by atoms with E-state index in [2.05, 4.69) is 5.32 Å². The van der Waals surface area contributed by atoms with Crippen molar-refractivity contribution < 1.29 is 4.79 Å². The summed E-state index contributed by atoms with van der Waals surface area (Å²) in [5, 5.41) is 3.41. The van der Waals surface area contributed by atoms with E-state index in [9.17, 15) is 4.79 Å². The lowest BCUT2D eigenvalue weighted by atomic mass is 9.93.